The molecule has 2 N–H and O–H groups in total. The summed E-state index contributed by atoms with van der Waals surface area (Å²) in [4.78, 5) is 2.54. The van der Waals surface area contributed by atoms with Crippen molar-refractivity contribution in [3.63, 3.8) is 0 Å². The van der Waals surface area contributed by atoms with E-state index in [-0.39, 0.29) is 10.8 Å². The van der Waals surface area contributed by atoms with Crippen molar-refractivity contribution >= 4 is 22.9 Å². The van der Waals surface area contributed by atoms with Crippen LogP contribution >= 0.6 is 12.2 Å². The van der Waals surface area contributed by atoms with E-state index in [4.69, 9.17) is 18.0 Å². The number of hydrogen-bond donors (Lipinski definition) is 1. The van der Waals surface area contributed by atoms with Crippen LogP contribution in [0.4, 0.5) is 10.1 Å². The zero-order valence-corrected chi connectivity index (χ0v) is 13.3. The molecular formula is C16H23FN2S. The number of thiocarbonyl (C=S) groups is 1. The summed E-state index contributed by atoms with van der Waals surface area (Å²) >= 11 is 5.05. The molecule has 0 aromatic heterocycles. The highest BCUT2D eigenvalue weighted by Gasteiger charge is 2.29. The van der Waals surface area contributed by atoms with Crippen molar-refractivity contribution in [1.29, 1.82) is 0 Å². The van der Waals surface area contributed by atoms with E-state index in [1.165, 1.54) is 12.1 Å². The van der Waals surface area contributed by atoms with Crippen LogP contribution in [0.5, 0.6) is 0 Å². The summed E-state index contributed by atoms with van der Waals surface area (Å²) in [5.41, 5.74) is 7.68. The van der Waals surface area contributed by atoms with E-state index in [1.807, 2.05) is 0 Å². The minimum atomic E-state index is -0.291. The second-order valence-corrected chi connectivity index (χ2v) is 7.09. The van der Waals surface area contributed by atoms with Crippen molar-refractivity contribution in [2.24, 2.45) is 17.1 Å². The summed E-state index contributed by atoms with van der Waals surface area (Å²) in [5, 5.41) is 0. The molecule has 1 saturated heterocycles. The van der Waals surface area contributed by atoms with Crippen LogP contribution in [0.15, 0.2) is 18.2 Å². The quantitative estimate of drug-likeness (QED) is 0.843. The first kappa shape index (κ1) is 15.2. The Morgan fingerprint density at radius 3 is 2.40 bits per heavy atom. The van der Waals surface area contributed by atoms with Gasteiger partial charge in [-0.25, -0.2) is 4.39 Å². The maximum atomic E-state index is 13.4. The van der Waals surface area contributed by atoms with E-state index >= 15 is 0 Å². The number of halogens is 1. The lowest BCUT2D eigenvalue weighted by molar-refractivity contribution is 0.199. The molecule has 0 saturated carbocycles. The van der Waals surface area contributed by atoms with Crippen LogP contribution in [0.3, 0.4) is 0 Å². The van der Waals surface area contributed by atoms with E-state index in [1.54, 1.807) is 6.07 Å². The molecule has 0 atom stereocenters. The predicted octanol–water partition coefficient (Wildman–Crippen LogP) is 3.72. The fourth-order valence-corrected chi connectivity index (χ4v) is 3.13. The predicted molar refractivity (Wildman–Crippen MR) is 86.7 cm³/mol. The summed E-state index contributed by atoms with van der Waals surface area (Å²) in [7, 11) is 0. The molecule has 0 bridgehead atoms. The highest BCUT2D eigenvalue weighted by atomic mass is 32.1. The number of anilines is 1. The molecule has 1 fully saturated rings. The van der Waals surface area contributed by atoms with Crippen molar-refractivity contribution in [3.8, 4) is 0 Å². The van der Waals surface area contributed by atoms with Gasteiger partial charge in [0.25, 0.3) is 0 Å². The molecule has 0 radical (unpaired) electrons. The van der Waals surface area contributed by atoms with Gasteiger partial charge in [0.05, 0.1) is 0 Å². The molecule has 1 aromatic carbocycles. The van der Waals surface area contributed by atoms with E-state index < -0.39 is 0 Å². The van der Waals surface area contributed by atoms with Crippen LogP contribution in [0, 0.1) is 17.2 Å². The molecule has 0 spiro atoms. The minimum absolute atomic E-state index is 0.262. The molecular weight excluding hydrogens is 271 g/mol. The van der Waals surface area contributed by atoms with Gasteiger partial charge in [-0.3, -0.25) is 0 Å². The van der Waals surface area contributed by atoms with Gasteiger partial charge in [0.15, 0.2) is 0 Å². The zero-order chi connectivity index (χ0) is 14.9. The van der Waals surface area contributed by atoms with Crippen LogP contribution in [0.25, 0.3) is 0 Å². The Balaban J connectivity index is 2.17. The van der Waals surface area contributed by atoms with Gasteiger partial charge in [0.1, 0.15) is 10.8 Å². The molecule has 4 heteroatoms. The van der Waals surface area contributed by atoms with Gasteiger partial charge in [-0.05, 0) is 42.4 Å². The Morgan fingerprint density at radius 2 is 1.90 bits per heavy atom. The van der Waals surface area contributed by atoms with Crippen LogP contribution in [0.2, 0.25) is 0 Å². The third-order valence-electron chi connectivity index (χ3n) is 4.28. The summed E-state index contributed by atoms with van der Waals surface area (Å²) in [5.74, 6) is 0.439. The van der Waals surface area contributed by atoms with Gasteiger partial charge in [0.2, 0.25) is 0 Å². The number of nitrogens with zero attached hydrogens (tertiary/aromatic N) is 1. The van der Waals surface area contributed by atoms with Gasteiger partial charge >= 0.3 is 0 Å². The van der Waals surface area contributed by atoms with Gasteiger partial charge in [-0.2, -0.15) is 0 Å². The van der Waals surface area contributed by atoms with Crippen LogP contribution < -0.4 is 10.6 Å². The van der Waals surface area contributed by atoms with Crippen molar-refractivity contribution in [2.75, 3.05) is 18.0 Å². The average molecular weight is 294 g/mol. The first-order valence-electron chi connectivity index (χ1n) is 7.13. The summed E-state index contributed by atoms with van der Waals surface area (Å²) in [6.45, 7) is 8.84. The molecule has 1 aromatic rings. The third kappa shape index (κ3) is 3.29. The molecule has 2 rings (SSSR count). The maximum Gasteiger partial charge on any atom is 0.124 e. The van der Waals surface area contributed by atoms with Crippen molar-refractivity contribution in [3.05, 3.63) is 29.6 Å². The summed E-state index contributed by atoms with van der Waals surface area (Å²) in [6, 6.07) is 4.71. The number of benzene rings is 1. The Bertz CT molecular complexity index is 500. The summed E-state index contributed by atoms with van der Waals surface area (Å²) in [6.07, 6.45) is 2.30. The van der Waals surface area contributed by atoms with Crippen molar-refractivity contribution in [1.82, 2.24) is 0 Å². The second kappa shape index (κ2) is 5.68. The monoisotopic (exact) mass is 294 g/mol. The van der Waals surface area contributed by atoms with Gasteiger partial charge in [-0.1, -0.05) is 33.0 Å². The Hall–Kier alpha value is -1.16. The molecule has 1 aliphatic heterocycles. The van der Waals surface area contributed by atoms with Gasteiger partial charge < -0.3 is 10.6 Å². The topological polar surface area (TPSA) is 29.3 Å². The molecule has 0 unspecified atom stereocenters. The highest BCUT2D eigenvalue weighted by Crippen LogP contribution is 2.36. The van der Waals surface area contributed by atoms with E-state index in [0.29, 0.717) is 11.0 Å². The lowest BCUT2D eigenvalue weighted by Gasteiger charge is -2.40. The van der Waals surface area contributed by atoms with E-state index in [2.05, 4.69) is 25.7 Å². The fraction of sp³-hybridized carbons (Fsp3) is 0.562. The fourth-order valence-electron chi connectivity index (χ4n) is 2.97. The van der Waals surface area contributed by atoms with E-state index in [0.717, 1.165) is 37.5 Å². The lowest BCUT2D eigenvalue weighted by atomic mass is 9.75. The molecule has 110 valence electrons. The second-order valence-electron chi connectivity index (χ2n) is 6.65. The van der Waals surface area contributed by atoms with Crippen LogP contribution in [0.1, 0.15) is 39.2 Å². The Labute approximate surface area is 126 Å². The molecule has 0 amide bonds. The Kier molecular flexibility index (Phi) is 4.33. The van der Waals surface area contributed by atoms with Crippen LogP contribution in [-0.4, -0.2) is 18.1 Å². The zero-order valence-electron chi connectivity index (χ0n) is 12.4. The van der Waals surface area contributed by atoms with Crippen molar-refractivity contribution < 1.29 is 4.39 Å². The Morgan fingerprint density at radius 1 is 1.30 bits per heavy atom. The smallest absolute Gasteiger partial charge is 0.124 e. The third-order valence-corrected chi connectivity index (χ3v) is 4.50. The minimum Gasteiger partial charge on any atom is -0.389 e. The van der Waals surface area contributed by atoms with Crippen molar-refractivity contribution in [2.45, 2.75) is 33.6 Å². The molecule has 1 heterocycles. The number of hydrogen-bond acceptors (Lipinski definition) is 2. The first-order chi connectivity index (χ1) is 9.29. The molecule has 2 nitrogen and oxygen atoms in total. The SMILES string of the molecule is CC(C)(C)C1CCN(c2ccc(F)cc2C(N)=S)CC1. The normalized spacial score (nSPS) is 17.3. The van der Waals surface area contributed by atoms with Gasteiger partial charge in [-0.15, -0.1) is 0 Å². The largest absolute Gasteiger partial charge is 0.389 e. The number of piperidine rings is 1. The lowest BCUT2D eigenvalue weighted by Crippen LogP contribution is -2.38. The number of nitrogens with two attached hydrogens (primary N) is 1. The number of rotatable bonds is 2. The van der Waals surface area contributed by atoms with E-state index in [9.17, 15) is 4.39 Å². The molecule has 20 heavy (non-hydrogen) atoms. The summed E-state index contributed by atoms with van der Waals surface area (Å²) < 4.78 is 13.4. The van der Waals surface area contributed by atoms with Gasteiger partial charge in [0, 0.05) is 24.3 Å². The average Bonchev–Trinajstić information content (AvgIpc) is 2.37. The first-order valence-corrected chi connectivity index (χ1v) is 7.54. The molecule has 0 aliphatic carbocycles. The molecule has 1 aliphatic rings. The van der Waals surface area contributed by atoms with Crippen LogP contribution in [-0.2, 0) is 0 Å². The maximum absolute atomic E-state index is 13.4. The standard InChI is InChI=1S/C16H23FN2S/c1-16(2,3)11-6-8-19(9-7-11)14-5-4-12(17)10-13(14)15(18)20/h4-5,10-11H,6-9H2,1-3H3,(H2,18,20). The highest BCUT2D eigenvalue weighted by molar-refractivity contribution is 7.80.